The van der Waals surface area contributed by atoms with Gasteiger partial charge in [-0.2, -0.15) is 0 Å². The summed E-state index contributed by atoms with van der Waals surface area (Å²) in [5.74, 6) is -1.75. The Morgan fingerprint density at radius 1 is 1.39 bits per heavy atom. The Hall–Kier alpha value is -2.70. The van der Waals surface area contributed by atoms with Gasteiger partial charge in [0, 0.05) is 12.6 Å². The van der Waals surface area contributed by atoms with Crippen molar-refractivity contribution in [3.63, 3.8) is 0 Å². The van der Waals surface area contributed by atoms with Crippen LogP contribution in [0.3, 0.4) is 0 Å². The van der Waals surface area contributed by atoms with Gasteiger partial charge in [-0.05, 0) is 19.4 Å². The summed E-state index contributed by atoms with van der Waals surface area (Å²) in [6.45, 7) is 3.50. The zero-order valence-electron chi connectivity index (χ0n) is 13.0. The van der Waals surface area contributed by atoms with E-state index in [9.17, 15) is 24.8 Å². The number of carbonyl (C=O) groups is 2. The topological polar surface area (TPSA) is 101 Å². The van der Waals surface area contributed by atoms with Gasteiger partial charge in [-0.3, -0.25) is 19.7 Å². The molecular formula is C16H18N2O5. The van der Waals surface area contributed by atoms with Gasteiger partial charge in [0.25, 0.3) is 11.6 Å². The summed E-state index contributed by atoms with van der Waals surface area (Å²) in [5, 5.41) is 21.3. The number of hydrogen-bond acceptors (Lipinski definition) is 5. The predicted octanol–water partition coefficient (Wildman–Crippen LogP) is 2.68. The highest BCUT2D eigenvalue weighted by atomic mass is 16.6. The third-order valence-electron chi connectivity index (χ3n) is 3.86. The lowest BCUT2D eigenvalue weighted by Crippen LogP contribution is -2.32. The van der Waals surface area contributed by atoms with Crippen LogP contribution in [0.25, 0.3) is 0 Å². The highest BCUT2D eigenvalue weighted by Crippen LogP contribution is 2.41. The van der Waals surface area contributed by atoms with Gasteiger partial charge < -0.3 is 10.0 Å². The summed E-state index contributed by atoms with van der Waals surface area (Å²) in [5.41, 5.74) is -0.0307. The molecule has 2 rings (SSSR count). The van der Waals surface area contributed by atoms with Crippen LogP contribution in [0.4, 0.5) is 5.69 Å². The number of carbonyl (C=O) groups excluding carboxylic acids is 2. The van der Waals surface area contributed by atoms with Gasteiger partial charge in [0.1, 0.15) is 0 Å². The molecule has 1 aliphatic heterocycles. The molecule has 1 N–H and O–H groups in total. The second-order valence-corrected chi connectivity index (χ2v) is 5.39. The van der Waals surface area contributed by atoms with E-state index in [4.69, 9.17) is 0 Å². The number of Topliss-reactive ketones (excluding diaryl/α,β-unsaturated/α-hetero) is 1. The SMILES string of the molecule is CCCCN1C(=O)C(O)=C(C(C)=O)[C@@H]1c1ccccc1[N+](=O)[O-]. The van der Waals surface area contributed by atoms with Crippen LogP contribution in [0.1, 0.15) is 38.3 Å². The zero-order valence-corrected chi connectivity index (χ0v) is 13.0. The first-order valence-corrected chi connectivity index (χ1v) is 7.38. The summed E-state index contributed by atoms with van der Waals surface area (Å²) < 4.78 is 0. The molecule has 1 aromatic rings. The highest BCUT2D eigenvalue weighted by Gasteiger charge is 2.44. The Labute approximate surface area is 133 Å². The van der Waals surface area contributed by atoms with Crippen LogP contribution in [0.5, 0.6) is 0 Å². The van der Waals surface area contributed by atoms with E-state index in [2.05, 4.69) is 0 Å². The molecule has 1 atom stereocenters. The molecule has 0 aromatic heterocycles. The molecule has 0 saturated carbocycles. The molecule has 23 heavy (non-hydrogen) atoms. The van der Waals surface area contributed by atoms with Crippen molar-refractivity contribution in [3.8, 4) is 0 Å². The van der Waals surface area contributed by atoms with Crippen LogP contribution in [-0.4, -0.2) is 33.2 Å². The number of benzene rings is 1. The van der Waals surface area contributed by atoms with Crippen LogP contribution in [0, 0.1) is 10.1 Å². The number of aliphatic hydroxyl groups is 1. The maximum absolute atomic E-state index is 12.3. The smallest absolute Gasteiger partial charge is 0.290 e. The molecule has 0 fully saturated rings. The molecule has 0 unspecified atom stereocenters. The molecular weight excluding hydrogens is 300 g/mol. The third-order valence-corrected chi connectivity index (χ3v) is 3.86. The fourth-order valence-corrected chi connectivity index (χ4v) is 2.78. The van der Waals surface area contributed by atoms with Gasteiger partial charge in [-0.1, -0.05) is 25.5 Å². The normalized spacial score (nSPS) is 17.7. The van der Waals surface area contributed by atoms with E-state index >= 15 is 0 Å². The average Bonchev–Trinajstić information content (AvgIpc) is 2.77. The lowest BCUT2D eigenvalue weighted by atomic mass is 9.95. The molecule has 1 heterocycles. The van der Waals surface area contributed by atoms with Crippen molar-refractivity contribution in [1.29, 1.82) is 0 Å². The minimum atomic E-state index is -0.923. The second-order valence-electron chi connectivity index (χ2n) is 5.39. The lowest BCUT2D eigenvalue weighted by Gasteiger charge is -2.26. The summed E-state index contributed by atoms with van der Waals surface area (Å²) in [4.78, 5) is 36.3. The maximum atomic E-state index is 12.3. The van der Waals surface area contributed by atoms with Crippen LogP contribution >= 0.6 is 0 Å². The third kappa shape index (κ3) is 2.94. The quantitative estimate of drug-likeness (QED) is 0.642. The Balaban J connectivity index is 2.60. The van der Waals surface area contributed by atoms with Crippen LogP contribution in [-0.2, 0) is 9.59 Å². The number of hydrogen-bond donors (Lipinski definition) is 1. The van der Waals surface area contributed by atoms with E-state index in [1.807, 2.05) is 6.92 Å². The average molecular weight is 318 g/mol. The number of nitrogens with zero attached hydrogens (tertiary/aromatic N) is 2. The van der Waals surface area contributed by atoms with E-state index < -0.39 is 28.4 Å². The molecule has 0 bridgehead atoms. The maximum Gasteiger partial charge on any atom is 0.290 e. The van der Waals surface area contributed by atoms with Gasteiger partial charge in [0.05, 0.1) is 22.1 Å². The van der Waals surface area contributed by atoms with E-state index in [0.717, 1.165) is 6.42 Å². The van der Waals surface area contributed by atoms with Crippen molar-refractivity contribution in [2.24, 2.45) is 0 Å². The summed E-state index contributed by atoms with van der Waals surface area (Å²) in [6.07, 6.45) is 1.48. The van der Waals surface area contributed by atoms with Crippen molar-refractivity contribution in [2.75, 3.05) is 6.54 Å². The number of aliphatic hydroxyl groups excluding tert-OH is 1. The molecule has 0 saturated heterocycles. The van der Waals surface area contributed by atoms with Gasteiger partial charge in [-0.25, -0.2) is 0 Å². The minimum Gasteiger partial charge on any atom is -0.503 e. The van der Waals surface area contributed by atoms with E-state index in [1.54, 1.807) is 6.07 Å². The number of ketones is 1. The molecule has 1 aliphatic rings. The fraction of sp³-hybridized carbons (Fsp3) is 0.375. The molecule has 1 amide bonds. The van der Waals surface area contributed by atoms with Crippen molar-refractivity contribution in [1.82, 2.24) is 4.90 Å². The van der Waals surface area contributed by atoms with E-state index in [1.165, 1.54) is 30.0 Å². The first-order valence-electron chi connectivity index (χ1n) is 7.38. The zero-order chi connectivity index (χ0) is 17.1. The molecule has 1 aromatic carbocycles. The highest BCUT2D eigenvalue weighted by molar-refractivity contribution is 6.08. The standard InChI is InChI=1S/C16H18N2O5/c1-3-4-9-17-14(13(10(2)19)15(20)16(17)21)11-7-5-6-8-12(11)18(22)23/h5-8,14,20H,3-4,9H2,1-2H3/t14-/m0/s1. The molecule has 0 radical (unpaired) electrons. The minimum absolute atomic E-state index is 0.0830. The van der Waals surface area contributed by atoms with Crippen molar-refractivity contribution >= 4 is 17.4 Å². The Bertz CT molecular complexity index is 695. The summed E-state index contributed by atoms with van der Waals surface area (Å²) in [6, 6.07) is 5.04. The second kappa shape index (κ2) is 6.60. The number of nitro benzene ring substituents is 1. The van der Waals surface area contributed by atoms with Crippen molar-refractivity contribution < 1.29 is 19.6 Å². The van der Waals surface area contributed by atoms with Gasteiger partial charge >= 0.3 is 0 Å². The van der Waals surface area contributed by atoms with E-state index in [0.29, 0.717) is 13.0 Å². The van der Waals surface area contributed by atoms with Gasteiger partial charge in [-0.15, -0.1) is 0 Å². The molecule has 7 heteroatoms. The number of amides is 1. The molecule has 7 nitrogen and oxygen atoms in total. The van der Waals surface area contributed by atoms with Crippen LogP contribution < -0.4 is 0 Å². The van der Waals surface area contributed by atoms with Crippen molar-refractivity contribution in [2.45, 2.75) is 32.7 Å². The van der Waals surface area contributed by atoms with Gasteiger partial charge in [0.2, 0.25) is 0 Å². The first-order chi connectivity index (χ1) is 10.9. The van der Waals surface area contributed by atoms with Crippen LogP contribution in [0.15, 0.2) is 35.6 Å². The Kier molecular flexibility index (Phi) is 4.78. The summed E-state index contributed by atoms with van der Waals surface area (Å²) in [7, 11) is 0. The number of para-hydroxylation sites is 1. The lowest BCUT2D eigenvalue weighted by molar-refractivity contribution is -0.385. The molecule has 0 aliphatic carbocycles. The number of nitro groups is 1. The molecule has 122 valence electrons. The van der Waals surface area contributed by atoms with E-state index in [-0.39, 0.29) is 16.8 Å². The molecule has 0 spiro atoms. The number of unbranched alkanes of at least 4 members (excludes halogenated alkanes) is 1. The predicted molar refractivity (Wildman–Crippen MR) is 82.8 cm³/mol. The van der Waals surface area contributed by atoms with Crippen LogP contribution in [0.2, 0.25) is 0 Å². The largest absolute Gasteiger partial charge is 0.503 e. The first kappa shape index (κ1) is 16.7. The fourth-order valence-electron chi connectivity index (χ4n) is 2.78. The summed E-state index contributed by atoms with van der Waals surface area (Å²) >= 11 is 0. The van der Waals surface area contributed by atoms with Gasteiger partial charge in [0.15, 0.2) is 11.5 Å². The Morgan fingerprint density at radius 2 is 2.04 bits per heavy atom. The Morgan fingerprint density at radius 3 is 2.61 bits per heavy atom. The monoisotopic (exact) mass is 318 g/mol. The number of rotatable bonds is 6. The van der Waals surface area contributed by atoms with Crippen molar-refractivity contribution in [3.05, 3.63) is 51.3 Å².